The third kappa shape index (κ3) is 4.10. The monoisotopic (exact) mass is 419 g/mol. The van der Waals surface area contributed by atoms with Crippen LogP contribution in [0, 0.1) is 0 Å². The van der Waals surface area contributed by atoms with E-state index >= 15 is 0 Å². The summed E-state index contributed by atoms with van der Waals surface area (Å²) in [5, 5.41) is 0.666. The van der Waals surface area contributed by atoms with Crippen LogP contribution >= 0.6 is 11.6 Å². The van der Waals surface area contributed by atoms with Gasteiger partial charge in [0.1, 0.15) is 5.60 Å². The Labute approximate surface area is 177 Å². The normalized spacial score (nSPS) is 23.3. The zero-order chi connectivity index (χ0) is 21.0. The molecule has 1 spiro atoms. The molecule has 2 fully saturated rings. The van der Waals surface area contributed by atoms with E-state index in [1.165, 1.54) is 5.56 Å². The van der Waals surface area contributed by atoms with Gasteiger partial charge in [0.15, 0.2) is 0 Å². The van der Waals surface area contributed by atoms with Gasteiger partial charge in [-0.2, -0.15) is 0 Å². The van der Waals surface area contributed by atoms with E-state index in [1.54, 1.807) is 4.90 Å². The topological polar surface area (TPSA) is 53.1 Å². The molecule has 0 aromatic heterocycles. The second kappa shape index (κ2) is 7.17. The van der Waals surface area contributed by atoms with Gasteiger partial charge in [-0.3, -0.25) is 9.69 Å². The second-order valence-electron chi connectivity index (χ2n) is 9.68. The number of nitrogens with zero attached hydrogens (tertiary/aromatic N) is 3. The highest BCUT2D eigenvalue weighted by molar-refractivity contribution is 6.31. The third-order valence-electron chi connectivity index (χ3n) is 6.14. The first-order chi connectivity index (χ1) is 13.6. The maximum absolute atomic E-state index is 13.1. The first-order valence-corrected chi connectivity index (χ1v) is 10.8. The predicted octanol–water partition coefficient (Wildman–Crippen LogP) is 3.66. The summed E-state index contributed by atoms with van der Waals surface area (Å²) < 4.78 is 5.51. The lowest BCUT2D eigenvalue weighted by molar-refractivity contribution is -0.120. The van der Waals surface area contributed by atoms with Crippen molar-refractivity contribution in [2.75, 3.05) is 37.6 Å². The van der Waals surface area contributed by atoms with E-state index in [0.717, 1.165) is 25.1 Å². The molecule has 3 aliphatic rings. The van der Waals surface area contributed by atoms with Crippen LogP contribution in [0.1, 0.15) is 46.1 Å². The van der Waals surface area contributed by atoms with Gasteiger partial charge in [-0.15, -0.1) is 0 Å². The largest absolute Gasteiger partial charge is 0.444 e. The summed E-state index contributed by atoms with van der Waals surface area (Å²) in [4.78, 5) is 31.4. The van der Waals surface area contributed by atoms with Gasteiger partial charge in [0.05, 0.1) is 6.54 Å². The van der Waals surface area contributed by atoms with E-state index in [2.05, 4.69) is 11.0 Å². The fraction of sp³-hybridized carbons (Fsp3) is 0.636. The number of rotatable bonds is 2. The number of anilines is 1. The van der Waals surface area contributed by atoms with Gasteiger partial charge in [-0.1, -0.05) is 17.7 Å². The van der Waals surface area contributed by atoms with Crippen molar-refractivity contribution in [3.8, 4) is 0 Å². The average molecular weight is 420 g/mol. The van der Waals surface area contributed by atoms with Crippen LogP contribution in [0.25, 0.3) is 0 Å². The molecule has 0 unspecified atom stereocenters. The lowest BCUT2D eigenvalue weighted by Gasteiger charge is -2.40. The van der Waals surface area contributed by atoms with E-state index in [9.17, 15) is 9.59 Å². The molecule has 1 aliphatic carbocycles. The number of halogens is 1. The van der Waals surface area contributed by atoms with Crippen LogP contribution in [-0.2, 0) is 14.9 Å². The number of hydrogen-bond acceptors (Lipinski definition) is 4. The Balaban J connectivity index is 1.39. The minimum Gasteiger partial charge on any atom is -0.444 e. The van der Waals surface area contributed by atoms with Gasteiger partial charge in [0, 0.05) is 48.3 Å². The van der Waals surface area contributed by atoms with Gasteiger partial charge in [-0.25, -0.2) is 4.79 Å². The number of amides is 2. The molecule has 2 heterocycles. The number of piperazine rings is 1. The SMILES string of the molecule is C[C@@H]1CN(CC(=O)N2CC3(CC3)c3ccc(Cl)cc32)CCN1C(=O)OC(C)(C)C. The predicted molar refractivity (Wildman–Crippen MR) is 114 cm³/mol. The van der Waals surface area contributed by atoms with Gasteiger partial charge in [0.25, 0.3) is 0 Å². The Kier molecular flexibility index (Phi) is 5.06. The molecule has 2 aliphatic heterocycles. The van der Waals surface area contributed by atoms with E-state index in [0.29, 0.717) is 31.2 Å². The molecule has 1 saturated carbocycles. The van der Waals surface area contributed by atoms with Gasteiger partial charge < -0.3 is 14.5 Å². The minimum atomic E-state index is -0.507. The number of fused-ring (bicyclic) bond motifs is 2. The highest BCUT2D eigenvalue weighted by atomic mass is 35.5. The van der Waals surface area contributed by atoms with Crippen molar-refractivity contribution in [3.05, 3.63) is 28.8 Å². The molecule has 0 N–H and O–H groups in total. The van der Waals surface area contributed by atoms with Crippen LogP contribution in [0.2, 0.25) is 5.02 Å². The molecule has 4 rings (SSSR count). The Hall–Kier alpha value is -1.79. The summed E-state index contributed by atoms with van der Waals surface area (Å²) >= 11 is 6.21. The van der Waals surface area contributed by atoms with Gasteiger partial charge >= 0.3 is 6.09 Å². The average Bonchev–Trinajstić information content (AvgIpc) is 3.31. The van der Waals surface area contributed by atoms with Crippen molar-refractivity contribution in [1.82, 2.24) is 9.80 Å². The van der Waals surface area contributed by atoms with E-state index < -0.39 is 5.60 Å². The molecule has 158 valence electrons. The number of carbonyl (C=O) groups excluding carboxylic acids is 2. The Morgan fingerprint density at radius 2 is 1.97 bits per heavy atom. The van der Waals surface area contributed by atoms with Crippen molar-refractivity contribution in [3.63, 3.8) is 0 Å². The Morgan fingerprint density at radius 3 is 2.59 bits per heavy atom. The van der Waals surface area contributed by atoms with E-state index in [-0.39, 0.29) is 23.5 Å². The molecule has 6 nitrogen and oxygen atoms in total. The summed E-state index contributed by atoms with van der Waals surface area (Å²) in [5.74, 6) is 0.107. The summed E-state index contributed by atoms with van der Waals surface area (Å²) in [6, 6.07) is 5.93. The highest BCUT2D eigenvalue weighted by Crippen LogP contribution is 2.56. The maximum atomic E-state index is 13.1. The molecular formula is C22H30ClN3O3. The quantitative estimate of drug-likeness (QED) is 0.734. The van der Waals surface area contributed by atoms with Crippen LogP contribution in [0.5, 0.6) is 0 Å². The molecule has 1 aromatic carbocycles. The lowest BCUT2D eigenvalue weighted by atomic mass is 9.99. The van der Waals surface area contributed by atoms with Gasteiger partial charge in [0.2, 0.25) is 5.91 Å². The molecule has 0 bridgehead atoms. The lowest BCUT2D eigenvalue weighted by Crippen LogP contribution is -2.56. The van der Waals surface area contributed by atoms with Crippen LogP contribution in [0.4, 0.5) is 10.5 Å². The van der Waals surface area contributed by atoms with Crippen LogP contribution in [-0.4, -0.2) is 66.2 Å². The maximum Gasteiger partial charge on any atom is 0.410 e. The van der Waals surface area contributed by atoms with Crippen molar-refractivity contribution in [2.24, 2.45) is 0 Å². The van der Waals surface area contributed by atoms with Crippen molar-refractivity contribution in [1.29, 1.82) is 0 Å². The summed E-state index contributed by atoms with van der Waals surface area (Å²) in [5.41, 5.74) is 1.88. The third-order valence-corrected chi connectivity index (χ3v) is 6.37. The number of benzene rings is 1. The molecule has 7 heteroatoms. The molecule has 1 saturated heterocycles. The fourth-order valence-corrected chi connectivity index (χ4v) is 4.66. The van der Waals surface area contributed by atoms with Crippen molar-refractivity contribution >= 4 is 29.3 Å². The first kappa shape index (κ1) is 20.5. The van der Waals surface area contributed by atoms with Crippen LogP contribution in [0.3, 0.4) is 0 Å². The summed E-state index contributed by atoms with van der Waals surface area (Å²) in [6.07, 6.45) is 1.99. The highest BCUT2D eigenvalue weighted by Gasteiger charge is 2.53. The van der Waals surface area contributed by atoms with Crippen molar-refractivity contribution in [2.45, 2.75) is 57.6 Å². The Bertz CT molecular complexity index is 831. The van der Waals surface area contributed by atoms with Crippen LogP contribution in [0.15, 0.2) is 18.2 Å². The minimum absolute atomic E-state index is 0.00137. The molecule has 29 heavy (non-hydrogen) atoms. The smallest absolute Gasteiger partial charge is 0.410 e. The molecule has 0 radical (unpaired) electrons. The molecule has 1 aromatic rings. The van der Waals surface area contributed by atoms with Gasteiger partial charge in [-0.05, 0) is 58.2 Å². The number of ether oxygens (including phenoxy) is 1. The number of hydrogen-bond donors (Lipinski definition) is 0. The second-order valence-corrected chi connectivity index (χ2v) is 10.1. The molecule has 2 amide bonds. The zero-order valence-electron chi connectivity index (χ0n) is 17.7. The molecule has 1 atom stereocenters. The zero-order valence-corrected chi connectivity index (χ0v) is 18.5. The summed E-state index contributed by atoms with van der Waals surface area (Å²) in [7, 11) is 0. The van der Waals surface area contributed by atoms with E-state index in [4.69, 9.17) is 16.3 Å². The fourth-order valence-electron chi connectivity index (χ4n) is 4.50. The first-order valence-electron chi connectivity index (χ1n) is 10.4. The van der Waals surface area contributed by atoms with E-state index in [1.807, 2.05) is 44.7 Å². The van der Waals surface area contributed by atoms with Crippen molar-refractivity contribution < 1.29 is 14.3 Å². The standard InChI is InChI=1S/C22H30ClN3O3/c1-15-12-24(9-10-25(15)20(28)29-21(2,3)4)13-19(27)26-14-22(7-8-22)17-6-5-16(23)11-18(17)26/h5-6,11,15H,7-10,12-14H2,1-4H3/t15-/m1/s1. The summed E-state index contributed by atoms with van der Waals surface area (Å²) in [6.45, 7) is 10.6. The number of carbonyl (C=O) groups is 2. The van der Waals surface area contributed by atoms with Crippen LogP contribution < -0.4 is 4.90 Å². The molecular weight excluding hydrogens is 390 g/mol. The Morgan fingerprint density at radius 1 is 1.24 bits per heavy atom.